The van der Waals surface area contributed by atoms with Gasteiger partial charge in [0.05, 0.1) is 0 Å². The summed E-state index contributed by atoms with van der Waals surface area (Å²) in [6.45, 7) is 0. The summed E-state index contributed by atoms with van der Waals surface area (Å²) in [7, 11) is 1.65. The first kappa shape index (κ1) is 17.4. The molecule has 0 spiro atoms. The third-order valence-electron chi connectivity index (χ3n) is 3.50. The number of nitrogens with one attached hydrogen (secondary N) is 2. The minimum atomic E-state index is 0.0895. The molecule has 0 fully saturated rings. The Bertz CT molecular complexity index is 783. The van der Waals surface area contributed by atoms with Crippen LogP contribution in [0.2, 0.25) is 0 Å². The predicted octanol–water partition coefficient (Wildman–Crippen LogP) is 3.38. The van der Waals surface area contributed by atoms with Crippen LogP contribution in [0, 0.1) is 5.41 Å². The fourth-order valence-electron chi connectivity index (χ4n) is 2.55. The largest absolute Gasteiger partial charge is 0.384 e. The summed E-state index contributed by atoms with van der Waals surface area (Å²) in [5.41, 5.74) is 13.1. The molecule has 4 nitrogen and oxygen atoms in total. The lowest BCUT2D eigenvalue weighted by Gasteiger charge is -2.14. The summed E-state index contributed by atoms with van der Waals surface area (Å²) < 4.78 is 0. The van der Waals surface area contributed by atoms with Gasteiger partial charge in [-0.1, -0.05) is 78.9 Å². The topological polar surface area (TPSA) is 87.9 Å². The predicted molar refractivity (Wildman–Crippen MR) is 102 cm³/mol. The van der Waals surface area contributed by atoms with Crippen molar-refractivity contribution in [1.82, 2.24) is 5.43 Å². The molecule has 0 aliphatic rings. The van der Waals surface area contributed by atoms with Crippen LogP contribution in [0.25, 0.3) is 22.3 Å². The molecule has 0 aromatic heterocycles. The lowest BCUT2D eigenvalue weighted by molar-refractivity contribution is 0.900. The van der Waals surface area contributed by atoms with Gasteiger partial charge in [-0.3, -0.25) is 16.7 Å². The molecule has 0 bridgehead atoms. The zero-order valence-electron chi connectivity index (χ0n) is 13.7. The molecule has 0 aliphatic carbocycles. The Kier molecular flexibility index (Phi) is 6.25. The molecule has 122 valence electrons. The third kappa shape index (κ3) is 4.07. The second kappa shape index (κ2) is 8.62. The van der Waals surface area contributed by atoms with Gasteiger partial charge >= 0.3 is 0 Å². The van der Waals surface area contributed by atoms with Gasteiger partial charge in [0.1, 0.15) is 5.84 Å². The molecule has 3 aromatic rings. The van der Waals surface area contributed by atoms with Crippen molar-refractivity contribution in [2.75, 3.05) is 7.05 Å². The van der Waals surface area contributed by atoms with Crippen molar-refractivity contribution in [3.63, 3.8) is 0 Å². The average molecular weight is 318 g/mol. The van der Waals surface area contributed by atoms with Crippen LogP contribution in [0.1, 0.15) is 5.56 Å². The van der Waals surface area contributed by atoms with E-state index in [2.05, 4.69) is 29.5 Å². The molecule has 0 heterocycles. The van der Waals surface area contributed by atoms with Crippen molar-refractivity contribution >= 4 is 5.84 Å². The van der Waals surface area contributed by atoms with Gasteiger partial charge in [-0.15, -0.1) is 0 Å². The molecular formula is C20H22N4. The Labute approximate surface area is 142 Å². The van der Waals surface area contributed by atoms with E-state index in [1.807, 2.05) is 60.7 Å². The fraction of sp³-hybridized carbons (Fsp3) is 0.0500. The van der Waals surface area contributed by atoms with Crippen molar-refractivity contribution in [3.8, 4) is 22.3 Å². The Hall–Kier alpha value is -2.95. The van der Waals surface area contributed by atoms with E-state index in [0.29, 0.717) is 0 Å². The number of hydrogen-bond acceptors (Lipinski definition) is 3. The van der Waals surface area contributed by atoms with E-state index >= 15 is 0 Å². The molecule has 0 aliphatic heterocycles. The Balaban J connectivity index is 0.000000647. The first-order valence-electron chi connectivity index (χ1n) is 7.64. The highest BCUT2D eigenvalue weighted by Crippen LogP contribution is 2.34. The second-order valence-corrected chi connectivity index (χ2v) is 5.16. The van der Waals surface area contributed by atoms with Crippen LogP contribution in [0.15, 0.2) is 78.9 Å². The van der Waals surface area contributed by atoms with Crippen molar-refractivity contribution < 1.29 is 0 Å². The molecule has 0 saturated carbocycles. The lowest BCUT2D eigenvalue weighted by atomic mass is 9.90. The molecule has 0 amide bonds. The maximum atomic E-state index is 7.86. The zero-order valence-corrected chi connectivity index (χ0v) is 13.7. The Morgan fingerprint density at radius 3 is 1.79 bits per heavy atom. The van der Waals surface area contributed by atoms with Gasteiger partial charge in [-0.05, 0) is 23.7 Å². The number of hydrogen-bond donors (Lipinski definition) is 4. The normalized spacial score (nSPS) is 9.75. The van der Waals surface area contributed by atoms with E-state index in [9.17, 15) is 0 Å². The van der Waals surface area contributed by atoms with E-state index < -0.39 is 0 Å². The highest BCUT2D eigenvalue weighted by atomic mass is 15.2. The standard InChI is InChI=1S/C19H16N2.CH6N2/c20-19(21)17-13-7-12-16(14-8-3-1-4-9-14)18(17)15-10-5-2-6-11-15;1-3-2/h1-13H,(H3,20,21);3H,2H2,1H3. The number of benzene rings is 3. The summed E-state index contributed by atoms with van der Waals surface area (Å²) >= 11 is 0. The van der Waals surface area contributed by atoms with Gasteiger partial charge in [0.2, 0.25) is 0 Å². The van der Waals surface area contributed by atoms with Gasteiger partial charge in [-0.25, -0.2) is 0 Å². The van der Waals surface area contributed by atoms with Crippen molar-refractivity contribution in [1.29, 1.82) is 5.41 Å². The maximum Gasteiger partial charge on any atom is 0.123 e. The number of rotatable bonds is 3. The first-order valence-corrected chi connectivity index (χ1v) is 7.64. The third-order valence-corrected chi connectivity index (χ3v) is 3.50. The van der Waals surface area contributed by atoms with Crippen LogP contribution < -0.4 is 17.0 Å². The van der Waals surface area contributed by atoms with Crippen LogP contribution in [0.4, 0.5) is 0 Å². The summed E-state index contributed by atoms with van der Waals surface area (Å²) in [5.74, 6) is 4.69. The maximum absolute atomic E-state index is 7.86. The molecule has 3 rings (SSSR count). The van der Waals surface area contributed by atoms with E-state index in [4.69, 9.17) is 11.1 Å². The summed E-state index contributed by atoms with van der Waals surface area (Å²) in [4.78, 5) is 0. The lowest BCUT2D eigenvalue weighted by Crippen LogP contribution is -2.13. The zero-order chi connectivity index (χ0) is 17.4. The van der Waals surface area contributed by atoms with Crippen LogP contribution in [-0.4, -0.2) is 12.9 Å². The van der Waals surface area contributed by atoms with Gasteiger partial charge in [0.25, 0.3) is 0 Å². The Morgan fingerprint density at radius 1 is 0.792 bits per heavy atom. The first-order chi connectivity index (χ1) is 11.7. The van der Waals surface area contributed by atoms with Gasteiger partial charge in [0.15, 0.2) is 0 Å². The van der Waals surface area contributed by atoms with Crippen LogP contribution in [0.3, 0.4) is 0 Å². The van der Waals surface area contributed by atoms with Crippen LogP contribution in [0.5, 0.6) is 0 Å². The van der Waals surface area contributed by atoms with Crippen molar-refractivity contribution in [2.45, 2.75) is 0 Å². The molecule has 24 heavy (non-hydrogen) atoms. The number of nitrogens with two attached hydrogens (primary N) is 2. The molecular weight excluding hydrogens is 296 g/mol. The number of nitrogen functional groups attached to an aromatic ring is 1. The van der Waals surface area contributed by atoms with Gasteiger partial charge in [-0.2, -0.15) is 0 Å². The van der Waals surface area contributed by atoms with E-state index in [1.54, 1.807) is 7.05 Å². The fourth-order valence-corrected chi connectivity index (χ4v) is 2.55. The molecule has 0 atom stereocenters. The summed E-state index contributed by atoms with van der Waals surface area (Å²) in [5, 5.41) is 7.86. The quantitative estimate of drug-likeness (QED) is 0.258. The van der Waals surface area contributed by atoms with Gasteiger partial charge in [0, 0.05) is 11.1 Å². The molecule has 0 radical (unpaired) electrons. The minimum Gasteiger partial charge on any atom is -0.384 e. The van der Waals surface area contributed by atoms with E-state index in [0.717, 1.165) is 27.8 Å². The molecule has 0 saturated heterocycles. The average Bonchev–Trinajstić information content (AvgIpc) is 2.63. The Morgan fingerprint density at radius 2 is 1.29 bits per heavy atom. The van der Waals surface area contributed by atoms with Crippen molar-refractivity contribution in [2.24, 2.45) is 11.6 Å². The molecule has 3 aromatic carbocycles. The second-order valence-electron chi connectivity index (χ2n) is 5.16. The van der Waals surface area contributed by atoms with E-state index in [-0.39, 0.29) is 5.84 Å². The number of hydrazine groups is 1. The van der Waals surface area contributed by atoms with Crippen LogP contribution in [-0.2, 0) is 0 Å². The smallest absolute Gasteiger partial charge is 0.123 e. The SMILES string of the molecule is CNN.N=C(N)c1cccc(-c2ccccc2)c1-c1ccccc1. The monoisotopic (exact) mass is 318 g/mol. The van der Waals surface area contributed by atoms with Gasteiger partial charge < -0.3 is 5.73 Å². The summed E-state index contributed by atoms with van der Waals surface area (Å²) in [6.07, 6.45) is 0. The van der Waals surface area contributed by atoms with Crippen molar-refractivity contribution in [3.05, 3.63) is 84.4 Å². The molecule has 6 N–H and O–H groups in total. The highest BCUT2D eigenvalue weighted by molar-refractivity contribution is 6.05. The summed E-state index contributed by atoms with van der Waals surface area (Å²) in [6, 6.07) is 26.2. The number of amidine groups is 1. The highest BCUT2D eigenvalue weighted by Gasteiger charge is 2.13. The minimum absolute atomic E-state index is 0.0895. The van der Waals surface area contributed by atoms with Crippen LogP contribution >= 0.6 is 0 Å². The van der Waals surface area contributed by atoms with E-state index in [1.165, 1.54) is 0 Å². The molecule has 0 unspecified atom stereocenters. The molecule has 4 heteroatoms.